The molecule has 0 bridgehead atoms. The van der Waals surface area contributed by atoms with Gasteiger partial charge in [0.25, 0.3) is 0 Å². The zero-order valence-electron chi connectivity index (χ0n) is 12.6. The van der Waals surface area contributed by atoms with E-state index in [0.717, 1.165) is 18.2 Å². The lowest BCUT2D eigenvalue weighted by Crippen LogP contribution is -2.37. The van der Waals surface area contributed by atoms with E-state index < -0.39 is 0 Å². The SMILES string of the molecule is CCN(CCCCc1nc(CCl)cs1)C1CCCCC1. The molecule has 0 saturated heterocycles. The van der Waals surface area contributed by atoms with Gasteiger partial charge in [-0.05, 0) is 45.2 Å². The number of aryl methyl sites for hydroxylation is 1. The minimum Gasteiger partial charge on any atom is -0.301 e. The molecule has 1 aromatic heterocycles. The minimum atomic E-state index is 0.543. The normalized spacial score (nSPS) is 16.9. The Morgan fingerprint density at radius 1 is 1.30 bits per heavy atom. The van der Waals surface area contributed by atoms with E-state index in [1.807, 2.05) is 0 Å². The minimum absolute atomic E-state index is 0.543. The molecule has 1 saturated carbocycles. The molecule has 0 radical (unpaired) electrons. The fourth-order valence-electron chi connectivity index (χ4n) is 3.16. The number of unbranched alkanes of at least 4 members (excludes halogenated alkanes) is 1. The van der Waals surface area contributed by atoms with Gasteiger partial charge in [0.05, 0.1) is 16.6 Å². The summed E-state index contributed by atoms with van der Waals surface area (Å²) in [5.41, 5.74) is 1.03. The van der Waals surface area contributed by atoms with Gasteiger partial charge >= 0.3 is 0 Å². The van der Waals surface area contributed by atoms with Crippen molar-refractivity contribution in [3.05, 3.63) is 16.1 Å². The van der Waals surface area contributed by atoms with Gasteiger partial charge in [0.1, 0.15) is 0 Å². The average molecular weight is 315 g/mol. The van der Waals surface area contributed by atoms with Crippen molar-refractivity contribution >= 4 is 22.9 Å². The molecule has 0 atom stereocenters. The number of alkyl halides is 1. The van der Waals surface area contributed by atoms with Crippen molar-refractivity contribution in [3.8, 4) is 0 Å². The van der Waals surface area contributed by atoms with Crippen LogP contribution < -0.4 is 0 Å². The summed E-state index contributed by atoms with van der Waals surface area (Å²) < 4.78 is 0. The van der Waals surface area contributed by atoms with Crippen LogP contribution in [-0.2, 0) is 12.3 Å². The molecule has 0 aliphatic heterocycles. The van der Waals surface area contributed by atoms with Gasteiger partial charge in [-0.1, -0.05) is 26.2 Å². The molecule has 0 spiro atoms. The molecule has 4 heteroatoms. The van der Waals surface area contributed by atoms with Crippen LogP contribution in [-0.4, -0.2) is 29.0 Å². The van der Waals surface area contributed by atoms with E-state index in [0.29, 0.717) is 5.88 Å². The molecule has 2 nitrogen and oxygen atoms in total. The van der Waals surface area contributed by atoms with Crippen molar-refractivity contribution in [3.63, 3.8) is 0 Å². The van der Waals surface area contributed by atoms with Gasteiger partial charge < -0.3 is 4.90 Å². The Morgan fingerprint density at radius 2 is 2.10 bits per heavy atom. The second kappa shape index (κ2) is 9.01. The maximum atomic E-state index is 5.79. The van der Waals surface area contributed by atoms with Crippen LogP contribution in [0.4, 0.5) is 0 Å². The highest BCUT2D eigenvalue weighted by atomic mass is 35.5. The first-order chi connectivity index (χ1) is 9.83. The second-order valence-electron chi connectivity index (χ2n) is 5.74. The monoisotopic (exact) mass is 314 g/mol. The van der Waals surface area contributed by atoms with Crippen LogP contribution in [0.5, 0.6) is 0 Å². The van der Waals surface area contributed by atoms with Gasteiger partial charge in [-0.3, -0.25) is 0 Å². The Balaban J connectivity index is 1.65. The molecule has 20 heavy (non-hydrogen) atoms. The highest BCUT2D eigenvalue weighted by Gasteiger charge is 2.19. The molecule has 0 amide bonds. The van der Waals surface area contributed by atoms with Gasteiger partial charge in [0.2, 0.25) is 0 Å². The van der Waals surface area contributed by atoms with Crippen LogP contribution in [0.3, 0.4) is 0 Å². The number of thiazole rings is 1. The Kier molecular flexibility index (Phi) is 7.32. The third kappa shape index (κ3) is 5.01. The van der Waals surface area contributed by atoms with Gasteiger partial charge in [-0.15, -0.1) is 22.9 Å². The van der Waals surface area contributed by atoms with Crippen LogP contribution in [0.1, 0.15) is 62.6 Å². The topological polar surface area (TPSA) is 16.1 Å². The van der Waals surface area contributed by atoms with Gasteiger partial charge in [0, 0.05) is 11.4 Å². The molecule has 114 valence electrons. The Labute approximate surface area is 132 Å². The third-order valence-electron chi connectivity index (χ3n) is 4.32. The lowest BCUT2D eigenvalue weighted by molar-refractivity contribution is 0.161. The molecule has 0 aromatic carbocycles. The highest BCUT2D eigenvalue weighted by molar-refractivity contribution is 7.09. The van der Waals surface area contributed by atoms with Crippen LogP contribution in [0.2, 0.25) is 0 Å². The molecular formula is C16H27ClN2S. The summed E-state index contributed by atoms with van der Waals surface area (Å²) in [5.74, 6) is 0.543. The lowest BCUT2D eigenvalue weighted by atomic mass is 9.94. The first-order valence-corrected chi connectivity index (χ1v) is 9.48. The van der Waals surface area contributed by atoms with Gasteiger partial charge in [0.15, 0.2) is 0 Å². The smallest absolute Gasteiger partial charge is 0.0928 e. The van der Waals surface area contributed by atoms with E-state index in [1.54, 1.807) is 11.3 Å². The van der Waals surface area contributed by atoms with Crippen molar-refractivity contribution in [2.45, 2.75) is 70.2 Å². The van der Waals surface area contributed by atoms with Crippen LogP contribution in [0.25, 0.3) is 0 Å². The van der Waals surface area contributed by atoms with Crippen molar-refractivity contribution in [1.29, 1.82) is 0 Å². The van der Waals surface area contributed by atoms with E-state index >= 15 is 0 Å². The van der Waals surface area contributed by atoms with E-state index in [-0.39, 0.29) is 0 Å². The predicted octanol–water partition coefficient (Wildman–Crippen LogP) is 4.86. The molecule has 0 unspecified atom stereocenters. The summed E-state index contributed by atoms with van der Waals surface area (Å²) in [6.07, 6.45) is 10.8. The summed E-state index contributed by atoms with van der Waals surface area (Å²) >= 11 is 7.54. The summed E-state index contributed by atoms with van der Waals surface area (Å²) in [4.78, 5) is 7.23. The van der Waals surface area contributed by atoms with Crippen molar-refractivity contribution in [2.75, 3.05) is 13.1 Å². The zero-order chi connectivity index (χ0) is 14.2. The summed E-state index contributed by atoms with van der Waals surface area (Å²) in [6, 6.07) is 0.858. The van der Waals surface area contributed by atoms with Crippen LogP contribution >= 0.6 is 22.9 Å². The highest BCUT2D eigenvalue weighted by Crippen LogP contribution is 2.23. The molecule has 1 aromatic rings. The number of nitrogens with zero attached hydrogens (tertiary/aromatic N) is 2. The fraction of sp³-hybridized carbons (Fsp3) is 0.812. The molecule has 2 rings (SSSR count). The lowest BCUT2D eigenvalue weighted by Gasteiger charge is -2.33. The maximum absolute atomic E-state index is 5.79. The first kappa shape index (κ1) is 16.3. The summed E-state index contributed by atoms with van der Waals surface area (Å²) in [7, 11) is 0. The first-order valence-electron chi connectivity index (χ1n) is 8.06. The van der Waals surface area contributed by atoms with Crippen LogP contribution in [0.15, 0.2) is 5.38 Å². The predicted molar refractivity (Wildman–Crippen MR) is 88.7 cm³/mol. The van der Waals surface area contributed by atoms with Crippen molar-refractivity contribution in [2.24, 2.45) is 0 Å². The second-order valence-corrected chi connectivity index (χ2v) is 6.95. The molecule has 1 aliphatic rings. The summed E-state index contributed by atoms with van der Waals surface area (Å²) in [5, 5.41) is 3.34. The van der Waals surface area contributed by atoms with Gasteiger partial charge in [-0.2, -0.15) is 0 Å². The van der Waals surface area contributed by atoms with Crippen molar-refractivity contribution in [1.82, 2.24) is 9.88 Å². The number of hydrogen-bond donors (Lipinski definition) is 0. The Bertz CT molecular complexity index is 374. The quantitative estimate of drug-likeness (QED) is 0.503. The van der Waals surface area contributed by atoms with E-state index in [9.17, 15) is 0 Å². The van der Waals surface area contributed by atoms with E-state index in [4.69, 9.17) is 11.6 Å². The number of aromatic nitrogens is 1. The Hall–Kier alpha value is -0.120. The number of rotatable bonds is 8. The molecule has 0 N–H and O–H groups in total. The molecule has 1 fully saturated rings. The third-order valence-corrected chi connectivity index (χ3v) is 5.55. The average Bonchev–Trinajstić information content (AvgIpc) is 2.96. The van der Waals surface area contributed by atoms with E-state index in [2.05, 4.69) is 22.2 Å². The zero-order valence-corrected chi connectivity index (χ0v) is 14.2. The maximum Gasteiger partial charge on any atom is 0.0928 e. The summed E-state index contributed by atoms with van der Waals surface area (Å²) in [6.45, 7) is 4.77. The van der Waals surface area contributed by atoms with Gasteiger partial charge in [-0.25, -0.2) is 4.98 Å². The molecular weight excluding hydrogens is 288 g/mol. The molecule has 1 heterocycles. The Morgan fingerprint density at radius 3 is 2.75 bits per heavy atom. The number of hydrogen-bond acceptors (Lipinski definition) is 3. The van der Waals surface area contributed by atoms with E-state index in [1.165, 1.54) is 63.0 Å². The fourth-order valence-corrected chi connectivity index (χ4v) is 4.23. The van der Waals surface area contributed by atoms with Crippen LogP contribution in [0, 0.1) is 0 Å². The number of halogens is 1. The largest absolute Gasteiger partial charge is 0.301 e. The van der Waals surface area contributed by atoms with Crippen molar-refractivity contribution < 1.29 is 0 Å². The standard InChI is InChI=1S/C16H27ClN2S/c1-2-19(15-8-4-3-5-9-15)11-7-6-10-16-18-14(12-17)13-20-16/h13,15H,2-12H2,1H3. The molecule has 1 aliphatic carbocycles.